The Morgan fingerprint density at radius 3 is 3.00 bits per heavy atom. The highest BCUT2D eigenvalue weighted by Gasteiger charge is 2.28. The second-order valence-electron chi connectivity index (χ2n) is 3.26. The van der Waals surface area contributed by atoms with Gasteiger partial charge < -0.3 is 10.3 Å². The van der Waals surface area contributed by atoms with Gasteiger partial charge in [0.1, 0.15) is 0 Å². The van der Waals surface area contributed by atoms with Gasteiger partial charge in [-0.15, -0.1) is 0 Å². The predicted molar refractivity (Wildman–Crippen MR) is 42.9 cm³/mol. The lowest BCUT2D eigenvalue weighted by Gasteiger charge is -2.09. The van der Waals surface area contributed by atoms with Gasteiger partial charge in [-0.25, -0.2) is 4.98 Å². The first kappa shape index (κ1) is 6.85. The van der Waals surface area contributed by atoms with Crippen LogP contribution in [0.1, 0.15) is 12.8 Å². The van der Waals surface area contributed by atoms with Crippen LogP contribution in [-0.4, -0.2) is 15.6 Å². The van der Waals surface area contributed by atoms with Gasteiger partial charge in [-0.1, -0.05) is 0 Å². The lowest BCUT2D eigenvalue weighted by molar-refractivity contribution is 0.502. The van der Waals surface area contributed by atoms with Crippen molar-refractivity contribution in [3.8, 4) is 0 Å². The van der Waals surface area contributed by atoms with Crippen LogP contribution in [0.2, 0.25) is 0 Å². The highest BCUT2D eigenvalue weighted by Crippen LogP contribution is 2.31. The lowest BCUT2D eigenvalue weighted by Crippen LogP contribution is -2.27. The van der Waals surface area contributed by atoms with Gasteiger partial charge in [0.2, 0.25) is 0 Å². The summed E-state index contributed by atoms with van der Waals surface area (Å²) in [7, 11) is 0. The van der Waals surface area contributed by atoms with E-state index in [9.17, 15) is 0 Å². The van der Waals surface area contributed by atoms with Crippen molar-refractivity contribution in [1.29, 1.82) is 0 Å². The molecule has 1 atom stereocenters. The third-order valence-electron chi connectivity index (χ3n) is 2.21. The van der Waals surface area contributed by atoms with Crippen LogP contribution in [0.4, 0.5) is 0 Å². The Bertz CT molecular complexity index is 213. The molecular formula is C8H13N3. The Labute approximate surface area is 66.2 Å². The molecule has 3 heteroatoms. The van der Waals surface area contributed by atoms with Crippen LogP contribution in [-0.2, 0) is 6.54 Å². The summed E-state index contributed by atoms with van der Waals surface area (Å²) in [6, 6.07) is 0.337. The van der Waals surface area contributed by atoms with Crippen LogP contribution >= 0.6 is 0 Å². The van der Waals surface area contributed by atoms with E-state index < -0.39 is 0 Å². The maximum atomic E-state index is 5.92. The summed E-state index contributed by atoms with van der Waals surface area (Å²) in [5, 5.41) is 0. The fourth-order valence-corrected chi connectivity index (χ4v) is 1.31. The topological polar surface area (TPSA) is 43.8 Å². The summed E-state index contributed by atoms with van der Waals surface area (Å²) in [6.07, 6.45) is 8.20. The SMILES string of the molecule is NC(Cn1ccnc1)C1CC1. The highest BCUT2D eigenvalue weighted by atomic mass is 15.0. The van der Waals surface area contributed by atoms with Crippen molar-refractivity contribution in [3.05, 3.63) is 18.7 Å². The van der Waals surface area contributed by atoms with Crippen LogP contribution in [0.5, 0.6) is 0 Å². The van der Waals surface area contributed by atoms with E-state index in [-0.39, 0.29) is 0 Å². The van der Waals surface area contributed by atoms with Crippen LogP contribution in [0.25, 0.3) is 0 Å². The minimum atomic E-state index is 0.337. The third kappa shape index (κ3) is 1.60. The van der Waals surface area contributed by atoms with Crippen molar-refractivity contribution in [2.45, 2.75) is 25.4 Å². The minimum absolute atomic E-state index is 0.337. The van der Waals surface area contributed by atoms with Crippen LogP contribution < -0.4 is 5.73 Å². The monoisotopic (exact) mass is 151 g/mol. The summed E-state index contributed by atoms with van der Waals surface area (Å²) in [4.78, 5) is 3.96. The molecule has 1 unspecified atom stereocenters. The molecule has 0 saturated heterocycles. The maximum Gasteiger partial charge on any atom is 0.0946 e. The zero-order valence-electron chi connectivity index (χ0n) is 6.48. The van der Waals surface area contributed by atoms with Gasteiger partial charge in [-0.05, 0) is 18.8 Å². The maximum absolute atomic E-state index is 5.92. The molecule has 2 N–H and O–H groups in total. The van der Waals surface area contributed by atoms with Crippen molar-refractivity contribution in [2.75, 3.05) is 0 Å². The molecule has 1 aromatic rings. The van der Waals surface area contributed by atoms with E-state index >= 15 is 0 Å². The summed E-state index contributed by atoms with van der Waals surface area (Å²) >= 11 is 0. The smallest absolute Gasteiger partial charge is 0.0946 e. The summed E-state index contributed by atoms with van der Waals surface area (Å²) < 4.78 is 2.04. The van der Waals surface area contributed by atoms with Gasteiger partial charge >= 0.3 is 0 Å². The molecule has 1 aliphatic carbocycles. The predicted octanol–water partition coefficient (Wildman–Crippen LogP) is 0.620. The molecule has 0 aromatic carbocycles. The number of nitrogens with two attached hydrogens (primary N) is 1. The van der Waals surface area contributed by atoms with Gasteiger partial charge in [0.15, 0.2) is 0 Å². The van der Waals surface area contributed by atoms with Gasteiger partial charge in [0.25, 0.3) is 0 Å². The third-order valence-corrected chi connectivity index (χ3v) is 2.21. The highest BCUT2D eigenvalue weighted by molar-refractivity contribution is 4.86. The standard InChI is InChI=1S/C8H13N3/c9-8(7-1-2-7)5-11-4-3-10-6-11/h3-4,6-8H,1-2,5,9H2. The number of hydrogen-bond donors (Lipinski definition) is 1. The first-order chi connectivity index (χ1) is 5.36. The molecule has 0 amide bonds. The lowest BCUT2D eigenvalue weighted by atomic mass is 10.2. The molecule has 0 bridgehead atoms. The van der Waals surface area contributed by atoms with E-state index in [1.165, 1.54) is 12.8 Å². The number of rotatable bonds is 3. The van der Waals surface area contributed by atoms with E-state index in [2.05, 4.69) is 4.98 Å². The van der Waals surface area contributed by atoms with Crippen molar-refractivity contribution < 1.29 is 0 Å². The molecule has 1 heterocycles. The summed E-state index contributed by atoms with van der Waals surface area (Å²) in [5.74, 6) is 0.775. The number of imidazole rings is 1. The Balaban J connectivity index is 1.89. The fraction of sp³-hybridized carbons (Fsp3) is 0.625. The zero-order valence-corrected chi connectivity index (χ0v) is 6.48. The molecule has 11 heavy (non-hydrogen) atoms. The molecule has 0 aliphatic heterocycles. The molecule has 60 valence electrons. The van der Waals surface area contributed by atoms with Crippen molar-refractivity contribution in [2.24, 2.45) is 11.7 Å². The van der Waals surface area contributed by atoms with Crippen molar-refractivity contribution in [1.82, 2.24) is 9.55 Å². The largest absolute Gasteiger partial charge is 0.336 e. The van der Waals surface area contributed by atoms with E-state index in [1.807, 2.05) is 17.1 Å². The van der Waals surface area contributed by atoms with Crippen LogP contribution in [0, 0.1) is 5.92 Å². The molecular weight excluding hydrogens is 138 g/mol. The number of nitrogens with zero attached hydrogens (tertiary/aromatic N) is 2. The Kier molecular flexibility index (Phi) is 1.66. The van der Waals surface area contributed by atoms with Gasteiger partial charge in [-0.3, -0.25) is 0 Å². The van der Waals surface area contributed by atoms with Crippen molar-refractivity contribution in [3.63, 3.8) is 0 Å². The van der Waals surface area contributed by atoms with Crippen LogP contribution in [0.3, 0.4) is 0 Å². The molecule has 3 nitrogen and oxygen atoms in total. The Hall–Kier alpha value is -0.830. The molecule has 0 radical (unpaired) electrons. The molecule has 1 fully saturated rings. The fourth-order valence-electron chi connectivity index (χ4n) is 1.31. The van der Waals surface area contributed by atoms with E-state index in [4.69, 9.17) is 5.73 Å². The van der Waals surface area contributed by atoms with E-state index in [1.54, 1.807) is 6.20 Å². The molecule has 0 spiro atoms. The Morgan fingerprint density at radius 2 is 2.45 bits per heavy atom. The van der Waals surface area contributed by atoms with Crippen LogP contribution in [0.15, 0.2) is 18.7 Å². The Morgan fingerprint density at radius 1 is 1.64 bits per heavy atom. The first-order valence-corrected chi connectivity index (χ1v) is 4.07. The summed E-state index contributed by atoms with van der Waals surface area (Å²) in [5.41, 5.74) is 5.92. The zero-order chi connectivity index (χ0) is 7.68. The van der Waals surface area contributed by atoms with Crippen molar-refractivity contribution >= 4 is 0 Å². The van der Waals surface area contributed by atoms with E-state index in [0.717, 1.165) is 12.5 Å². The molecule has 2 rings (SSSR count). The quantitative estimate of drug-likeness (QED) is 0.688. The normalized spacial score (nSPS) is 20.1. The molecule has 1 aliphatic rings. The van der Waals surface area contributed by atoms with E-state index in [0.29, 0.717) is 6.04 Å². The molecule has 1 saturated carbocycles. The number of hydrogen-bond acceptors (Lipinski definition) is 2. The average Bonchev–Trinajstić information content (AvgIpc) is 2.73. The average molecular weight is 151 g/mol. The minimum Gasteiger partial charge on any atom is -0.336 e. The molecule has 1 aromatic heterocycles. The second-order valence-corrected chi connectivity index (χ2v) is 3.26. The van der Waals surface area contributed by atoms with Gasteiger partial charge in [-0.2, -0.15) is 0 Å². The van der Waals surface area contributed by atoms with Gasteiger partial charge in [0, 0.05) is 25.0 Å². The van der Waals surface area contributed by atoms with Gasteiger partial charge in [0.05, 0.1) is 6.33 Å². The second kappa shape index (κ2) is 2.66. The first-order valence-electron chi connectivity index (χ1n) is 4.07. The number of aromatic nitrogens is 2. The summed E-state index contributed by atoms with van der Waals surface area (Å²) in [6.45, 7) is 0.921.